The molecule has 1 atom stereocenters. The van der Waals surface area contributed by atoms with Crippen LogP contribution in [0, 0.1) is 0 Å². The van der Waals surface area contributed by atoms with Gasteiger partial charge < -0.3 is 10.2 Å². The van der Waals surface area contributed by atoms with E-state index in [1.54, 1.807) is 0 Å². The van der Waals surface area contributed by atoms with Gasteiger partial charge >= 0.3 is 0 Å². The maximum absolute atomic E-state index is 11.7. The molecule has 0 aromatic heterocycles. The quantitative estimate of drug-likeness (QED) is 0.861. The molecule has 0 bridgehead atoms. The molecule has 0 spiro atoms. The average molecular weight is 244 g/mol. The molecule has 96 valence electrons. The van der Waals surface area contributed by atoms with Crippen LogP contribution in [0.1, 0.15) is 30.4 Å². The van der Waals surface area contributed by atoms with E-state index < -0.39 is 0 Å². The third-order valence-electron chi connectivity index (χ3n) is 4.14. The Morgan fingerprint density at radius 1 is 1.39 bits per heavy atom. The van der Waals surface area contributed by atoms with Crippen molar-refractivity contribution in [2.24, 2.45) is 0 Å². The van der Waals surface area contributed by atoms with E-state index in [0.29, 0.717) is 12.5 Å². The summed E-state index contributed by atoms with van der Waals surface area (Å²) in [6, 6.07) is 7.24. The molecule has 3 rings (SSSR count). The number of rotatable bonds is 2. The molecule has 3 heteroatoms. The second-order valence-electron chi connectivity index (χ2n) is 5.41. The Kier molecular flexibility index (Phi) is 3.08. The molecule has 0 saturated carbocycles. The van der Waals surface area contributed by atoms with Gasteiger partial charge in [-0.3, -0.25) is 4.79 Å². The van der Waals surface area contributed by atoms with Crippen molar-refractivity contribution in [2.45, 2.75) is 38.1 Å². The van der Waals surface area contributed by atoms with E-state index in [9.17, 15) is 4.79 Å². The van der Waals surface area contributed by atoms with Gasteiger partial charge in [0.15, 0.2) is 0 Å². The first-order chi connectivity index (χ1) is 8.74. The van der Waals surface area contributed by atoms with Crippen LogP contribution in [0.5, 0.6) is 0 Å². The first-order valence-electron chi connectivity index (χ1n) is 6.86. The molecule has 1 aromatic carbocycles. The van der Waals surface area contributed by atoms with Gasteiger partial charge in [0, 0.05) is 25.2 Å². The molecule has 18 heavy (non-hydrogen) atoms. The van der Waals surface area contributed by atoms with E-state index in [0.717, 1.165) is 25.1 Å². The summed E-state index contributed by atoms with van der Waals surface area (Å²) in [5.41, 5.74) is 3.76. The molecule has 0 radical (unpaired) electrons. The summed E-state index contributed by atoms with van der Waals surface area (Å²) >= 11 is 0. The summed E-state index contributed by atoms with van der Waals surface area (Å²) in [4.78, 5) is 13.5. The van der Waals surface area contributed by atoms with Crippen LogP contribution < -0.4 is 10.2 Å². The molecule has 2 aliphatic rings. The Hall–Kier alpha value is -1.35. The van der Waals surface area contributed by atoms with Crippen LogP contribution in [-0.2, 0) is 17.6 Å². The summed E-state index contributed by atoms with van der Waals surface area (Å²) in [6.45, 7) is 1.15. The second kappa shape index (κ2) is 4.73. The molecule has 1 N–H and O–H groups in total. The standard InChI is InChI=1S/C15H20N2O/c1-17-14-10-11(9-13-3-2-8-16-13)4-5-12(14)6-7-15(17)18/h4-5,10,13,16H,2-3,6-9H2,1H3. The number of nitrogens with one attached hydrogen (secondary N) is 1. The molecule has 1 unspecified atom stereocenters. The highest BCUT2D eigenvalue weighted by Crippen LogP contribution is 2.28. The molecule has 1 aromatic rings. The average Bonchev–Trinajstić information content (AvgIpc) is 2.87. The third kappa shape index (κ3) is 2.15. The highest BCUT2D eigenvalue weighted by Gasteiger charge is 2.21. The van der Waals surface area contributed by atoms with Crippen LogP contribution >= 0.6 is 0 Å². The fraction of sp³-hybridized carbons (Fsp3) is 0.533. The van der Waals surface area contributed by atoms with E-state index in [2.05, 4.69) is 23.5 Å². The van der Waals surface area contributed by atoms with Crippen LogP contribution in [0.3, 0.4) is 0 Å². The molecule has 1 saturated heterocycles. The highest BCUT2D eigenvalue weighted by atomic mass is 16.2. The molecular formula is C15H20N2O. The third-order valence-corrected chi connectivity index (χ3v) is 4.14. The zero-order valence-corrected chi connectivity index (χ0v) is 10.9. The van der Waals surface area contributed by atoms with Gasteiger partial charge in [-0.2, -0.15) is 0 Å². The van der Waals surface area contributed by atoms with E-state index in [-0.39, 0.29) is 5.91 Å². The predicted molar refractivity (Wildman–Crippen MR) is 72.9 cm³/mol. The maximum Gasteiger partial charge on any atom is 0.227 e. The number of anilines is 1. The Morgan fingerprint density at radius 3 is 3.06 bits per heavy atom. The van der Waals surface area contributed by atoms with Gasteiger partial charge in [0.1, 0.15) is 0 Å². The van der Waals surface area contributed by atoms with Gasteiger partial charge in [-0.05, 0) is 49.4 Å². The van der Waals surface area contributed by atoms with Gasteiger partial charge in [0.2, 0.25) is 5.91 Å². The minimum atomic E-state index is 0.235. The largest absolute Gasteiger partial charge is 0.315 e. The van der Waals surface area contributed by atoms with E-state index >= 15 is 0 Å². The number of amides is 1. The number of hydrogen-bond donors (Lipinski definition) is 1. The van der Waals surface area contributed by atoms with Crippen LogP contribution in [0.25, 0.3) is 0 Å². The zero-order valence-electron chi connectivity index (χ0n) is 10.9. The number of nitrogens with zero attached hydrogens (tertiary/aromatic N) is 1. The van der Waals surface area contributed by atoms with Crippen molar-refractivity contribution in [3.8, 4) is 0 Å². The fourth-order valence-electron chi connectivity index (χ4n) is 3.02. The minimum Gasteiger partial charge on any atom is -0.315 e. The highest BCUT2D eigenvalue weighted by molar-refractivity contribution is 5.95. The zero-order chi connectivity index (χ0) is 12.5. The van der Waals surface area contributed by atoms with Crippen molar-refractivity contribution >= 4 is 11.6 Å². The van der Waals surface area contributed by atoms with Gasteiger partial charge in [-0.1, -0.05) is 12.1 Å². The second-order valence-corrected chi connectivity index (χ2v) is 5.41. The summed E-state index contributed by atoms with van der Waals surface area (Å²) < 4.78 is 0. The Bertz CT molecular complexity index is 464. The summed E-state index contributed by atoms with van der Waals surface area (Å²) in [5, 5.41) is 3.52. The Morgan fingerprint density at radius 2 is 2.28 bits per heavy atom. The SMILES string of the molecule is CN1C(=O)CCc2ccc(CC3CCCN3)cc21. The Balaban J connectivity index is 1.82. The number of benzene rings is 1. The van der Waals surface area contributed by atoms with Crippen molar-refractivity contribution in [1.29, 1.82) is 0 Å². The molecule has 1 amide bonds. The van der Waals surface area contributed by atoms with Gasteiger partial charge in [-0.25, -0.2) is 0 Å². The fourth-order valence-corrected chi connectivity index (χ4v) is 3.02. The number of aryl methyl sites for hydroxylation is 1. The van der Waals surface area contributed by atoms with Crippen LogP contribution in [0.2, 0.25) is 0 Å². The predicted octanol–water partition coefficient (Wildman–Crippen LogP) is 1.89. The molecule has 3 nitrogen and oxygen atoms in total. The number of carbonyl (C=O) groups excluding carboxylic acids is 1. The van der Waals surface area contributed by atoms with Crippen LogP contribution in [0.4, 0.5) is 5.69 Å². The van der Waals surface area contributed by atoms with Crippen LogP contribution in [-0.4, -0.2) is 25.5 Å². The lowest BCUT2D eigenvalue weighted by Gasteiger charge is -2.26. The lowest BCUT2D eigenvalue weighted by atomic mass is 9.96. The lowest BCUT2D eigenvalue weighted by Crippen LogP contribution is -2.31. The summed E-state index contributed by atoms with van der Waals surface area (Å²) in [5.74, 6) is 0.235. The van der Waals surface area contributed by atoms with Crippen molar-refractivity contribution in [1.82, 2.24) is 5.32 Å². The van der Waals surface area contributed by atoms with Gasteiger partial charge in [0.25, 0.3) is 0 Å². The van der Waals surface area contributed by atoms with E-state index in [4.69, 9.17) is 0 Å². The first kappa shape index (κ1) is 11.7. The van der Waals surface area contributed by atoms with Gasteiger partial charge in [-0.15, -0.1) is 0 Å². The normalized spacial score (nSPS) is 23.3. The minimum absolute atomic E-state index is 0.235. The van der Waals surface area contributed by atoms with Crippen molar-refractivity contribution < 1.29 is 4.79 Å². The van der Waals surface area contributed by atoms with E-state index in [1.807, 2.05) is 11.9 Å². The van der Waals surface area contributed by atoms with Crippen molar-refractivity contribution in [3.05, 3.63) is 29.3 Å². The van der Waals surface area contributed by atoms with Crippen molar-refractivity contribution in [3.63, 3.8) is 0 Å². The molecule has 0 aliphatic carbocycles. The van der Waals surface area contributed by atoms with Crippen LogP contribution in [0.15, 0.2) is 18.2 Å². The van der Waals surface area contributed by atoms with Gasteiger partial charge in [0.05, 0.1) is 0 Å². The molecule has 2 heterocycles. The molecule has 2 aliphatic heterocycles. The summed E-state index contributed by atoms with van der Waals surface area (Å²) in [6.07, 6.45) is 5.17. The monoisotopic (exact) mass is 244 g/mol. The molecule has 1 fully saturated rings. The lowest BCUT2D eigenvalue weighted by molar-refractivity contribution is -0.118. The number of fused-ring (bicyclic) bond motifs is 1. The topological polar surface area (TPSA) is 32.3 Å². The number of hydrogen-bond acceptors (Lipinski definition) is 2. The first-order valence-corrected chi connectivity index (χ1v) is 6.86. The smallest absolute Gasteiger partial charge is 0.227 e. The van der Waals surface area contributed by atoms with E-state index in [1.165, 1.54) is 24.0 Å². The maximum atomic E-state index is 11.7. The number of carbonyl (C=O) groups is 1. The van der Waals surface area contributed by atoms with Crippen molar-refractivity contribution in [2.75, 3.05) is 18.5 Å². The Labute approximate surface area is 108 Å². The molecular weight excluding hydrogens is 224 g/mol. The summed E-state index contributed by atoms with van der Waals surface area (Å²) in [7, 11) is 1.89.